The largest absolute Gasteiger partial charge is 0.493 e. The van der Waals surface area contributed by atoms with Gasteiger partial charge in [0.1, 0.15) is 17.7 Å². The molecule has 1 amide bonds. The SMILES string of the molecule is COc1cc(/C=C(\C#N)C(=O)Nc2ccccc2C)ccc1O[C@@H](C)c1ccccc1. The number of benzene rings is 3. The van der Waals surface area contributed by atoms with Crippen LogP contribution in [0.4, 0.5) is 5.69 Å². The highest BCUT2D eigenvalue weighted by Crippen LogP contribution is 2.32. The number of nitriles is 1. The average Bonchev–Trinajstić information content (AvgIpc) is 2.80. The normalized spacial score (nSPS) is 11.9. The fraction of sp³-hybridized carbons (Fsp3) is 0.154. The van der Waals surface area contributed by atoms with Gasteiger partial charge in [0.15, 0.2) is 11.5 Å². The van der Waals surface area contributed by atoms with Crippen LogP contribution in [0.5, 0.6) is 11.5 Å². The van der Waals surface area contributed by atoms with Crippen LogP contribution in [0.3, 0.4) is 0 Å². The lowest BCUT2D eigenvalue weighted by molar-refractivity contribution is -0.112. The monoisotopic (exact) mass is 412 g/mol. The van der Waals surface area contributed by atoms with Crippen molar-refractivity contribution >= 4 is 17.7 Å². The lowest BCUT2D eigenvalue weighted by Crippen LogP contribution is -2.14. The van der Waals surface area contributed by atoms with E-state index in [1.165, 1.54) is 6.08 Å². The molecular weight excluding hydrogens is 388 g/mol. The number of nitrogens with one attached hydrogen (secondary N) is 1. The highest BCUT2D eigenvalue weighted by molar-refractivity contribution is 6.10. The minimum absolute atomic E-state index is 0.00312. The van der Waals surface area contributed by atoms with E-state index in [1.807, 2.05) is 68.4 Å². The van der Waals surface area contributed by atoms with Crippen LogP contribution in [-0.2, 0) is 4.79 Å². The molecule has 156 valence electrons. The molecule has 1 N–H and O–H groups in total. The number of rotatable bonds is 7. The first-order valence-electron chi connectivity index (χ1n) is 9.90. The molecule has 5 nitrogen and oxygen atoms in total. The van der Waals surface area contributed by atoms with Crippen molar-refractivity contribution in [3.05, 3.63) is 95.1 Å². The molecule has 0 aliphatic carbocycles. The Kier molecular flexibility index (Phi) is 7.08. The first-order valence-corrected chi connectivity index (χ1v) is 9.90. The van der Waals surface area contributed by atoms with Gasteiger partial charge in [-0.3, -0.25) is 4.79 Å². The van der Waals surface area contributed by atoms with Crippen LogP contribution in [-0.4, -0.2) is 13.0 Å². The van der Waals surface area contributed by atoms with Gasteiger partial charge in [-0.2, -0.15) is 5.26 Å². The molecule has 0 aliphatic heterocycles. The van der Waals surface area contributed by atoms with Gasteiger partial charge in [0, 0.05) is 5.69 Å². The van der Waals surface area contributed by atoms with E-state index in [9.17, 15) is 10.1 Å². The van der Waals surface area contributed by atoms with Crippen LogP contribution in [0.1, 0.15) is 29.7 Å². The van der Waals surface area contributed by atoms with Gasteiger partial charge in [-0.1, -0.05) is 54.6 Å². The summed E-state index contributed by atoms with van der Waals surface area (Å²) in [5, 5.41) is 12.3. The number of aryl methyl sites for hydroxylation is 1. The summed E-state index contributed by atoms with van der Waals surface area (Å²) in [4.78, 5) is 12.6. The molecule has 0 unspecified atom stereocenters. The third kappa shape index (κ3) is 5.52. The quantitative estimate of drug-likeness (QED) is 0.400. The molecule has 3 aromatic carbocycles. The van der Waals surface area contributed by atoms with E-state index in [0.29, 0.717) is 22.7 Å². The first kappa shape index (κ1) is 21.7. The second-order valence-electron chi connectivity index (χ2n) is 7.02. The van der Waals surface area contributed by atoms with Crippen LogP contribution >= 0.6 is 0 Å². The minimum atomic E-state index is -0.464. The van der Waals surface area contributed by atoms with Gasteiger partial charge < -0.3 is 14.8 Å². The number of hydrogen-bond donors (Lipinski definition) is 1. The van der Waals surface area contributed by atoms with Crippen molar-refractivity contribution in [1.29, 1.82) is 5.26 Å². The summed E-state index contributed by atoms with van der Waals surface area (Å²) >= 11 is 0. The molecule has 0 heterocycles. The average molecular weight is 412 g/mol. The van der Waals surface area contributed by atoms with Gasteiger partial charge in [-0.05, 0) is 54.8 Å². The van der Waals surface area contributed by atoms with Crippen molar-refractivity contribution in [1.82, 2.24) is 0 Å². The number of nitrogens with zero attached hydrogens (tertiary/aromatic N) is 1. The molecule has 0 saturated heterocycles. The van der Waals surface area contributed by atoms with E-state index in [4.69, 9.17) is 9.47 Å². The summed E-state index contributed by atoms with van der Waals surface area (Å²) in [6.07, 6.45) is 1.37. The van der Waals surface area contributed by atoms with Crippen molar-refractivity contribution in [2.45, 2.75) is 20.0 Å². The van der Waals surface area contributed by atoms with Crippen molar-refractivity contribution in [3.63, 3.8) is 0 Å². The highest BCUT2D eigenvalue weighted by Gasteiger charge is 2.14. The highest BCUT2D eigenvalue weighted by atomic mass is 16.5. The molecule has 0 saturated carbocycles. The Morgan fingerprint density at radius 2 is 1.74 bits per heavy atom. The zero-order valence-electron chi connectivity index (χ0n) is 17.8. The van der Waals surface area contributed by atoms with Crippen LogP contribution in [0.15, 0.2) is 78.4 Å². The van der Waals surface area contributed by atoms with Gasteiger partial charge in [0.2, 0.25) is 0 Å². The number of carbonyl (C=O) groups excluding carboxylic acids is 1. The van der Waals surface area contributed by atoms with Crippen LogP contribution < -0.4 is 14.8 Å². The fourth-order valence-corrected chi connectivity index (χ4v) is 3.07. The smallest absolute Gasteiger partial charge is 0.266 e. The van der Waals surface area contributed by atoms with Gasteiger partial charge in [-0.15, -0.1) is 0 Å². The third-order valence-electron chi connectivity index (χ3n) is 4.83. The van der Waals surface area contributed by atoms with Gasteiger partial charge in [0.25, 0.3) is 5.91 Å². The molecule has 0 bridgehead atoms. The maximum Gasteiger partial charge on any atom is 0.266 e. The predicted octanol–water partition coefficient (Wildman–Crippen LogP) is 5.69. The van der Waals surface area contributed by atoms with E-state index >= 15 is 0 Å². The number of amides is 1. The number of para-hydroxylation sites is 1. The molecule has 3 aromatic rings. The second-order valence-corrected chi connectivity index (χ2v) is 7.02. The number of carbonyl (C=O) groups is 1. The van der Waals surface area contributed by atoms with Crippen molar-refractivity contribution < 1.29 is 14.3 Å². The van der Waals surface area contributed by atoms with E-state index < -0.39 is 5.91 Å². The van der Waals surface area contributed by atoms with Crippen molar-refractivity contribution in [2.75, 3.05) is 12.4 Å². The van der Waals surface area contributed by atoms with E-state index in [-0.39, 0.29) is 11.7 Å². The molecule has 0 aliphatic rings. The number of hydrogen-bond acceptors (Lipinski definition) is 4. The van der Waals surface area contributed by atoms with E-state index in [0.717, 1.165) is 11.1 Å². The summed E-state index contributed by atoms with van der Waals surface area (Å²) in [6, 6.07) is 24.6. The molecule has 0 spiro atoms. The molecule has 0 radical (unpaired) electrons. The Hall–Kier alpha value is -4.04. The van der Waals surface area contributed by atoms with E-state index in [2.05, 4.69) is 5.32 Å². The summed E-state index contributed by atoms with van der Waals surface area (Å²) in [5.74, 6) is 0.640. The second kappa shape index (κ2) is 10.1. The number of anilines is 1. The number of ether oxygens (including phenoxy) is 2. The Morgan fingerprint density at radius 3 is 2.42 bits per heavy atom. The van der Waals surface area contributed by atoms with Crippen molar-refractivity contribution in [3.8, 4) is 17.6 Å². The van der Waals surface area contributed by atoms with Gasteiger partial charge in [0.05, 0.1) is 7.11 Å². The summed E-state index contributed by atoms with van der Waals surface area (Å²) < 4.78 is 11.5. The maximum atomic E-state index is 12.6. The maximum absolute atomic E-state index is 12.6. The van der Waals surface area contributed by atoms with Gasteiger partial charge in [-0.25, -0.2) is 0 Å². The number of methoxy groups -OCH3 is 1. The van der Waals surface area contributed by atoms with Crippen LogP contribution in [0, 0.1) is 18.3 Å². The Morgan fingerprint density at radius 1 is 1.03 bits per heavy atom. The Bertz CT molecular complexity index is 1130. The zero-order valence-corrected chi connectivity index (χ0v) is 17.8. The first-order chi connectivity index (χ1) is 15.0. The lowest BCUT2D eigenvalue weighted by atomic mass is 10.1. The van der Waals surface area contributed by atoms with Crippen LogP contribution in [0.2, 0.25) is 0 Å². The molecular formula is C26H24N2O3. The van der Waals surface area contributed by atoms with E-state index in [1.54, 1.807) is 31.4 Å². The molecule has 0 aromatic heterocycles. The topological polar surface area (TPSA) is 71.3 Å². The van der Waals surface area contributed by atoms with Gasteiger partial charge >= 0.3 is 0 Å². The summed E-state index contributed by atoms with van der Waals surface area (Å²) in [7, 11) is 1.55. The lowest BCUT2D eigenvalue weighted by Gasteiger charge is -2.17. The third-order valence-corrected chi connectivity index (χ3v) is 4.83. The molecule has 0 fully saturated rings. The zero-order chi connectivity index (χ0) is 22.2. The summed E-state index contributed by atoms with van der Waals surface area (Å²) in [5.41, 5.74) is 3.30. The standard InChI is InChI=1S/C26H24N2O3/c1-18-9-7-8-12-23(18)28-26(29)22(17-27)15-20-13-14-24(25(16-20)30-3)31-19(2)21-10-5-4-6-11-21/h4-16,19H,1-3H3,(H,28,29)/b22-15+/t19-/m0/s1. The molecule has 31 heavy (non-hydrogen) atoms. The predicted molar refractivity (Wildman–Crippen MR) is 122 cm³/mol. The fourth-order valence-electron chi connectivity index (χ4n) is 3.07. The minimum Gasteiger partial charge on any atom is -0.493 e. The molecule has 3 rings (SSSR count). The van der Waals surface area contributed by atoms with Crippen molar-refractivity contribution in [2.24, 2.45) is 0 Å². The Labute approximate surface area is 182 Å². The summed E-state index contributed by atoms with van der Waals surface area (Å²) in [6.45, 7) is 3.86. The molecule has 1 atom stereocenters. The Balaban J connectivity index is 1.80. The molecule has 5 heteroatoms. The van der Waals surface area contributed by atoms with Crippen LogP contribution in [0.25, 0.3) is 6.08 Å².